The molecule has 0 heterocycles. The fourth-order valence-corrected chi connectivity index (χ4v) is 1.58. The normalized spacial score (nSPS) is 10.4. The first kappa shape index (κ1) is 10.9. The minimum atomic E-state index is 0.878. The Balaban J connectivity index is 1.97. The van der Waals surface area contributed by atoms with Gasteiger partial charge < -0.3 is 0 Å². The summed E-state index contributed by atoms with van der Waals surface area (Å²) in [6, 6.07) is 17.1. The molecule has 0 saturated carbocycles. The molecule has 2 aromatic rings. The topological polar surface area (TPSA) is 0 Å². The zero-order valence-electron chi connectivity index (χ0n) is 9.83. The predicted molar refractivity (Wildman–Crippen MR) is 68.4 cm³/mol. The average Bonchev–Trinajstić information content (AvgIpc) is 2.30. The van der Waals surface area contributed by atoms with Crippen LogP contribution in [-0.2, 0) is 6.42 Å². The molecule has 2 radical (unpaired) electrons. The third kappa shape index (κ3) is 2.96. The van der Waals surface area contributed by atoms with Gasteiger partial charge in [-0.3, -0.25) is 0 Å². The maximum atomic E-state index is 3.41. The van der Waals surface area contributed by atoms with E-state index < -0.39 is 0 Å². The van der Waals surface area contributed by atoms with Crippen LogP contribution in [-0.4, -0.2) is 0 Å². The molecule has 0 atom stereocenters. The van der Waals surface area contributed by atoms with Crippen LogP contribution in [0.1, 0.15) is 22.3 Å². The second kappa shape index (κ2) is 4.98. The highest BCUT2D eigenvalue weighted by molar-refractivity contribution is 5.30. The molecule has 2 aromatic carbocycles. The van der Waals surface area contributed by atoms with Crippen molar-refractivity contribution in [2.75, 3.05) is 0 Å². The third-order valence-corrected chi connectivity index (χ3v) is 2.67. The minimum absolute atomic E-state index is 0.878. The van der Waals surface area contributed by atoms with E-state index in [1.165, 1.54) is 22.3 Å². The van der Waals surface area contributed by atoms with E-state index in [0.717, 1.165) is 6.42 Å². The molecule has 0 unspecified atom stereocenters. The van der Waals surface area contributed by atoms with Crippen molar-refractivity contribution in [3.8, 4) is 0 Å². The van der Waals surface area contributed by atoms with Crippen LogP contribution in [0.2, 0.25) is 0 Å². The van der Waals surface area contributed by atoms with Crippen molar-refractivity contribution in [2.45, 2.75) is 20.3 Å². The summed E-state index contributed by atoms with van der Waals surface area (Å²) in [5, 5.41) is 0. The molecule has 80 valence electrons. The Morgan fingerprint density at radius 2 is 1.25 bits per heavy atom. The van der Waals surface area contributed by atoms with Gasteiger partial charge in [-0.1, -0.05) is 59.7 Å². The lowest BCUT2D eigenvalue weighted by molar-refractivity contribution is 1.16. The summed E-state index contributed by atoms with van der Waals surface area (Å²) in [6.45, 7) is 4.21. The van der Waals surface area contributed by atoms with Crippen molar-refractivity contribution in [3.63, 3.8) is 0 Å². The molecule has 0 aliphatic rings. The highest BCUT2D eigenvalue weighted by atomic mass is 14.0. The Morgan fingerprint density at radius 1 is 0.750 bits per heavy atom. The van der Waals surface area contributed by atoms with E-state index in [4.69, 9.17) is 0 Å². The highest BCUT2D eigenvalue weighted by Gasteiger charge is 1.96. The fraction of sp³-hybridized carbons (Fsp3) is 0.188. The molecule has 0 fully saturated rings. The second-order valence-electron chi connectivity index (χ2n) is 4.21. The number of hydrogen-bond acceptors (Lipinski definition) is 0. The van der Waals surface area contributed by atoms with Gasteiger partial charge in [-0.2, -0.15) is 0 Å². The lowest BCUT2D eigenvalue weighted by atomic mass is 10.0. The van der Waals surface area contributed by atoms with Crippen LogP contribution in [0.15, 0.2) is 48.5 Å². The summed E-state index contributed by atoms with van der Waals surface area (Å²) in [5.74, 6) is 0. The molecule has 0 nitrogen and oxygen atoms in total. The standard InChI is InChI=1S/C16H16/c1-13-3-7-15(8-4-13)11-12-16-9-5-14(2)6-10-16/h3-10H,11H2,1-2H3. The van der Waals surface area contributed by atoms with Crippen LogP contribution in [0.3, 0.4) is 0 Å². The van der Waals surface area contributed by atoms with Crippen LogP contribution >= 0.6 is 0 Å². The quantitative estimate of drug-likeness (QED) is 0.715. The van der Waals surface area contributed by atoms with E-state index in [9.17, 15) is 0 Å². The van der Waals surface area contributed by atoms with Crippen molar-refractivity contribution in [1.29, 1.82) is 0 Å². The molecule has 0 N–H and O–H groups in total. The lowest BCUT2D eigenvalue weighted by Crippen LogP contribution is -1.88. The van der Waals surface area contributed by atoms with Gasteiger partial charge in [-0.05, 0) is 31.4 Å². The molecule has 0 heteroatoms. The largest absolute Gasteiger partial charge is 0.0591 e. The molecule has 0 bridgehead atoms. The summed E-state index contributed by atoms with van der Waals surface area (Å²) < 4.78 is 0. The SMILES string of the molecule is Cc1ccc([C]Cc2ccc(C)cc2)cc1. The van der Waals surface area contributed by atoms with E-state index in [0.29, 0.717) is 0 Å². The monoisotopic (exact) mass is 208 g/mol. The van der Waals surface area contributed by atoms with Crippen LogP contribution in [0.25, 0.3) is 0 Å². The molecular formula is C16H16. The molecule has 2 rings (SSSR count). The Labute approximate surface area is 97.9 Å². The number of benzene rings is 2. The molecule has 16 heavy (non-hydrogen) atoms. The lowest BCUT2D eigenvalue weighted by Gasteiger charge is -2.02. The smallest absolute Gasteiger partial charge is 0.0211 e. The van der Waals surface area contributed by atoms with Gasteiger partial charge in [0.25, 0.3) is 0 Å². The van der Waals surface area contributed by atoms with Gasteiger partial charge in [0.15, 0.2) is 0 Å². The maximum Gasteiger partial charge on any atom is 0.0211 e. The summed E-state index contributed by atoms with van der Waals surface area (Å²) in [5.41, 5.74) is 5.08. The van der Waals surface area contributed by atoms with Gasteiger partial charge in [0, 0.05) is 6.42 Å². The van der Waals surface area contributed by atoms with Crippen molar-refractivity contribution >= 4 is 0 Å². The summed E-state index contributed by atoms with van der Waals surface area (Å²) in [7, 11) is 0. The summed E-state index contributed by atoms with van der Waals surface area (Å²) in [6.07, 6.45) is 4.29. The number of aryl methyl sites for hydroxylation is 2. The maximum absolute atomic E-state index is 3.41. The first-order valence-corrected chi connectivity index (χ1v) is 5.60. The van der Waals surface area contributed by atoms with Gasteiger partial charge in [-0.15, -0.1) is 0 Å². The van der Waals surface area contributed by atoms with Crippen LogP contribution in [0.5, 0.6) is 0 Å². The zero-order chi connectivity index (χ0) is 11.4. The molecule has 0 aromatic heterocycles. The van der Waals surface area contributed by atoms with E-state index in [-0.39, 0.29) is 0 Å². The van der Waals surface area contributed by atoms with Crippen LogP contribution in [0, 0.1) is 20.3 Å². The van der Waals surface area contributed by atoms with Crippen molar-refractivity contribution in [2.24, 2.45) is 0 Å². The van der Waals surface area contributed by atoms with Crippen LogP contribution in [0.4, 0.5) is 0 Å². The zero-order valence-corrected chi connectivity index (χ0v) is 9.83. The van der Waals surface area contributed by atoms with Crippen molar-refractivity contribution < 1.29 is 0 Å². The predicted octanol–water partition coefficient (Wildman–Crippen LogP) is 3.98. The van der Waals surface area contributed by atoms with E-state index in [2.05, 4.69) is 68.8 Å². The average molecular weight is 208 g/mol. The van der Waals surface area contributed by atoms with E-state index in [1.54, 1.807) is 0 Å². The Hall–Kier alpha value is -1.56. The summed E-state index contributed by atoms with van der Waals surface area (Å²) in [4.78, 5) is 0. The molecule has 0 spiro atoms. The van der Waals surface area contributed by atoms with Crippen molar-refractivity contribution in [3.05, 3.63) is 77.2 Å². The molecule has 0 aliphatic heterocycles. The van der Waals surface area contributed by atoms with Crippen LogP contribution < -0.4 is 0 Å². The van der Waals surface area contributed by atoms with E-state index in [1.807, 2.05) is 0 Å². The summed E-state index contributed by atoms with van der Waals surface area (Å²) >= 11 is 0. The molecule has 0 amide bonds. The molecule has 0 saturated heterocycles. The third-order valence-electron chi connectivity index (χ3n) is 2.67. The first-order valence-electron chi connectivity index (χ1n) is 5.60. The second-order valence-corrected chi connectivity index (χ2v) is 4.21. The Bertz CT molecular complexity index is 389. The van der Waals surface area contributed by atoms with Gasteiger partial charge in [0.05, 0.1) is 0 Å². The van der Waals surface area contributed by atoms with Gasteiger partial charge >= 0.3 is 0 Å². The molecular weight excluding hydrogens is 192 g/mol. The number of hydrogen-bond donors (Lipinski definition) is 0. The Morgan fingerprint density at radius 3 is 1.81 bits per heavy atom. The van der Waals surface area contributed by atoms with Crippen molar-refractivity contribution in [1.82, 2.24) is 0 Å². The first-order chi connectivity index (χ1) is 7.74. The van der Waals surface area contributed by atoms with Gasteiger partial charge in [0.2, 0.25) is 0 Å². The van der Waals surface area contributed by atoms with Gasteiger partial charge in [-0.25, -0.2) is 0 Å². The Kier molecular flexibility index (Phi) is 3.40. The van der Waals surface area contributed by atoms with Gasteiger partial charge in [0.1, 0.15) is 0 Å². The number of rotatable bonds is 3. The highest BCUT2D eigenvalue weighted by Crippen LogP contribution is 2.11. The minimum Gasteiger partial charge on any atom is -0.0591 e. The fourth-order valence-electron chi connectivity index (χ4n) is 1.58. The van der Waals surface area contributed by atoms with E-state index >= 15 is 0 Å². The molecule has 0 aliphatic carbocycles.